The lowest BCUT2D eigenvalue weighted by molar-refractivity contribution is 0.0946. The van der Waals surface area contributed by atoms with Gasteiger partial charge in [0, 0.05) is 43.6 Å². The van der Waals surface area contributed by atoms with Crippen molar-refractivity contribution in [1.82, 2.24) is 30.8 Å². The van der Waals surface area contributed by atoms with E-state index in [0.29, 0.717) is 54.2 Å². The number of carbonyl (C=O) groups is 1. The van der Waals surface area contributed by atoms with Gasteiger partial charge in [0.2, 0.25) is 11.8 Å². The second-order valence-electron chi connectivity index (χ2n) is 9.06. The maximum Gasteiger partial charge on any atom is 0.253 e. The Morgan fingerprint density at radius 2 is 2.00 bits per heavy atom. The molecule has 2 aliphatic rings. The molecule has 2 aliphatic heterocycles. The van der Waals surface area contributed by atoms with Gasteiger partial charge in [-0.1, -0.05) is 18.2 Å². The molecule has 5 N–H and O–H groups in total. The van der Waals surface area contributed by atoms with Crippen LogP contribution in [-0.2, 0) is 12.8 Å². The summed E-state index contributed by atoms with van der Waals surface area (Å²) < 4.78 is 5.95. The second kappa shape index (κ2) is 9.86. The number of nitrogens with zero attached hydrogens (tertiary/aromatic N) is 4. The first-order valence-corrected chi connectivity index (χ1v) is 12.2. The van der Waals surface area contributed by atoms with E-state index >= 15 is 0 Å². The largest absolute Gasteiger partial charge is 0.508 e. The SMILES string of the molecule is O=C1NCCc2cc(Nc3ncc(-c4nnc(C5CNC5)o4)c(NCCc4ccccc4O)n3)ccc21. The minimum Gasteiger partial charge on any atom is -0.508 e. The quantitative estimate of drug-likeness (QED) is 0.245. The van der Waals surface area contributed by atoms with Gasteiger partial charge in [0.05, 0.1) is 11.5 Å². The van der Waals surface area contributed by atoms with E-state index in [1.165, 1.54) is 0 Å². The van der Waals surface area contributed by atoms with Crippen LogP contribution in [0.5, 0.6) is 5.75 Å². The highest BCUT2D eigenvalue weighted by Crippen LogP contribution is 2.30. The van der Waals surface area contributed by atoms with Crippen LogP contribution in [0, 0.1) is 0 Å². The van der Waals surface area contributed by atoms with Crippen LogP contribution in [0.3, 0.4) is 0 Å². The molecule has 11 nitrogen and oxygen atoms in total. The molecule has 4 aromatic rings. The molecule has 1 fully saturated rings. The van der Waals surface area contributed by atoms with Crippen LogP contribution in [0.2, 0.25) is 0 Å². The van der Waals surface area contributed by atoms with Gasteiger partial charge in [0.15, 0.2) is 0 Å². The Morgan fingerprint density at radius 1 is 1.11 bits per heavy atom. The van der Waals surface area contributed by atoms with Crippen molar-refractivity contribution in [2.24, 2.45) is 0 Å². The van der Waals surface area contributed by atoms with Gasteiger partial charge in [0.25, 0.3) is 11.8 Å². The fraction of sp³-hybridized carbons (Fsp3) is 0.269. The summed E-state index contributed by atoms with van der Waals surface area (Å²) >= 11 is 0. The Bertz CT molecular complexity index is 1450. The van der Waals surface area contributed by atoms with Gasteiger partial charge in [-0.3, -0.25) is 4.79 Å². The van der Waals surface area contributed by atoms with Gasteiger partial charge in [0.1, 0.15) is 11.6 Å². The third-order valence-corrected chi connectivity index (χ3v) is 6.55. The minimum atomic E-state index is -0.0547. The third-order valence-electron chi connectivity index (χ3n) is 6.55. The first-order chi connectivity index (χ1) is 18.1. The molecule has 11 heteroatoms. The Kier molecular flexibility index (Phi) is 6.11. The summed E-state index contributed by atoms with van der Waals surface area (Å²) in [6.07, 6.45) is 3.01. The number of benzene rings is 2. The lowest BCUT2D eigenvalue weighted by atomic mass is 10.00. The second-order valence-corrected chi connectivity index (χ2v) is 9.06. The molecule has 1 saturated heterocycles. The van der Waals surface area contributed by atoms with Crippen LogP contribution in [0.1, 0.15) is 33.3 Å². The van der Waals surface area contributed by atoms with E-state index in [9.17, 15) is 9.90 Å². The van der Waals surface area contributed by atoms with Crippen molar-refractivity contribution in [1.29, 1.82) is 0 Å². The number of para-hydroxylation sites is 1. The summed E-state index contributed by atoms with van der Waals surface area (Å²) in [5.74, 6) is 2.27. The predicted octanol–water partition coefficient (Wildman–Crippen LogP) is 2.60. The van der Waals surface area contributed by atoms with Crippen molar-refractivity contribution in [3.63, 3.8) is 0 Å². The van der Waals surface area contributed by atoms with Crippen molar-refractivity contribution in [3.8, 4) is 17.2 Å². The fourth-order valence-corrected chi connectivity index (χ4v) is 4.38. The lowest BCUT2D eigenvalue weighted by Gasteiger charge is -2.22. The molecule has 1 amide bonds. The fourth-order valence-electron chi connectivity index (χ4n) is 4.38. The van der Waals surface area contributed by atoms with Gasteiger partial charge in [-0.15, -0.1) is 10.2 Å². The highest BCUT2D eigenvalue weighted by atomic mass is 16.4. The van der Waals surface area contributed by atoms with Gasteiger partial charge in [-0.05, 0) is 48.2 Å². The summed E-state index contributed by atoms with van der Waals surface area (Å²) in [5.41, 5.74) is 3.89. The number of anilines is 3. The summed E-state index contributed by atoms with van der Waals surface area (Å²) in [5, 5.41) is 31.2. The van der Waals surface area contributed by atoms with E-state index < -0.39 is 0 Å². The molecular formula is C26H26N8O3. The number of aromatic hydroxyl groups is 1. The van der Waals surface area contributed by atoms with Crippen LogP contribution in [-0.4, -0.2) is 57.4 Å². The Hall–Kier alpha value is -4.51. The predicted molar refractivity (Wildman–Crippen MR) is 137 cm³/mol. The van der Waals surface area contributed by atoms with Crippen molar-refractivity contribution in [2.75, 3.05) is 36.8 Å². The Morgan fingerprint density at radius 3 is 2.84 bits per heavy atom. The summed E-state index contributed by atoms with van der Waals surface area (Å²) in [4.78, 5) is 21.2. The van der Waals surface area contributed by atoms with E-state index in [0.717, 1.165) is 36.3 Å². The number of amides is 1. The zero-order valence-electron chi connectivity index (χ0n) is 20.0. The first-order valence-electron chi connectivity index (χ1n) is 12.2. The highest BCUT2D eigenvalue weighted by molar-refractivity contribution is 5.97. The zero-order chi connectivity index (χ0) is 25.2. The monoisotopic (exact) mass is 498 g/mol. The number of phenolic OH excluding ortho intramolecular Hbond substituents is 1. The number of phenols is 1. The van der Waals surface area contributed by atoms with Crippen LogP contribution in [0.15, 0.2) is 53.1 Å². The van der Waals surface area contributed by atoms with E-state index in [1.807, 2.05) is 24.3 Å². The number of fused-ring (bicyclic) bond motifs is 1. The molecular weight excluding hydrogens is 472 g/mol. The average Bonchev–Trinajstić information content (AvgIpc) is 3.33. The standard InChI is InChI=1S/C26H26N8O3/c35-21-4-2-1-3-15(21)7-9-28-22-20(25-34-33-24(37-25)17-12-27-13-17)14-30-26(32-22)31-18-5-6-19-16(11-18)8-10-29-23(19)36/h1-6,11,14,17,27,35H,7-10,12-13H2,(H,29,36)(H2,28,30,31,32). The Balaban J connectivity index is 1.26. The van der Waals surface area contributed by atoms with Crippen LogP contribution >= 0.6 is 0 Å². The average molecular weight is 499 g/mol. The molecule has 0 saturated carbocycles. The van der Waals surface area contributed by atoms with E-state index in [2.05, 4.69) is 36.4 Å². The van der Waals surface area contributed by atoms with Crippen molar-refractivity contribution in [3.05, 3.63) is 71.2 Å². The van der Waals surface area contributed by atoms with Crippen molar-refractivity contribution < 1.29 is 14.3 Å². The number of nitrogens with one attached hydrogen (secondary N) is 4. The smallest absolute Gasteiger partial charge is 0.253 e. The van der Waals surface area contributed by atoms with Crippen molar-refractivity contribution in [2.45, 2.75) is 18.8 Å². The summed E-state index contributed by atoms with van der Waals surface area (Å²) in [7, 11) is 0. The Labute approximate surface area is 212 Å². The zero-order valence-corrected chi connectivity index (χ0v) is 20.0. The molecule has 37 heavy (non-hydrogen) atoms. The van der Waals surface area contributed by atoms with Crippen molar-refractivity contribution >= 4 is 23.4 Å². The van der Waals surface area contributed by atoms with E-state index in [1.54, 1.807) is 24.4 Å². The molecule has 0 radical (unpaired) electrons. The van der Waals surface area contributed by atoms with E-state index in [4.69, 9.17) is 9.40 Å². The number of carbonyl (C=O) groups excluding carboxylic acids is 1. The van der Waals surface area contributed by atoms with Gasteiger partial charge in [-0.25, -0.2) is 4.98 Å². The molecule has 0 bridgehead atoms. The third kappa shape index (κ3) is 4.81. The lowest BCUT2D eigenvalue weighted by Crippen LogP contribution is -2.40. The molecule has 2 aromatic heterocycles. The topological polar surface area (TPSA) is 150 Å². The molecule has 0 spiro atoms. The molecule has 0 atom stereocenters. The summed E-state index contributed by atoms with van der Waals surface area (Å²) in [6.45, 7) is 2.77. The minimum absolute atomic E-state index is 0.0547. The van der Waals surface area contributed by atoms with Crippen LogP contribution in [0.25, 0.3) is 11.5 Å². The molecule has 2 aromatic carbocycles. The van der Waals surface area contributed by atoms with Crippen LogP contribution in [0.4, 0.5) is 17.5 Å². The number of rotatable bonds is 8. The molecule has 4 heterocycles. The van der Waals surface area contributed by atoms with Gasteiger partial charge >= 0.3 is 0 Å². The maximum absolute atomic E-state index is 12.1. The van der Waals surface area contributed by atoms with Gasteiger partial charge < -0.3 is 30.8 Å². The van der Waals surface area contributed by atoms with Gasteiger partial charge in [-0.2, -0.15) is 4.98 Å². The molecule has 188 valence electrons. The normalized spacial score (nSPS) is 15.0. The molecule has 0 unspecified atom stereocenters. The highest BCUT2D eigenvalue weighted by Gasteiger charge is 2.26. The maximum atomic E-state index is 12.1. The first kappa shape index (κ1) is 22.9. The molecule has 6 rings (SSSR count). The number of hydrogen-bond donors (Lipinski definition) is 5. The number of aromatic nitrogens is 4. The number of hydrogen-bond acceptors (Lipinski definition) is 10. The summed E-state index contributed by atoms with van der Waals surface area (Å²) in [6, 6.07) is 12.8. The van der Waals surface area contributed by atoms with Crippen LogP contribution < -0.4 is 21.3 Å². The van der Waals surface area contributed by atoms with E-state index in [-0.39, 0.29) is 17.6 Å². The molecule has 0 aliphatic carbocycles.